The van der Waals surface area contributed by atoms with Crippen molar-refractivity contribution in [2.24, 2.45) is 5.92 Å². The summed E-state index contributed by atoms with van der Waals surface area (Å²) < 4.78 is 34.1. The lowest BCUT2D eigenvalue weighted by Gasteiger charge is -2.38. The van der Waals surface area contributed by atoms with Gasteiger partial charge >= 0.3 is 0 Å². The molecular weight excluding hydrogens is 348 g/mol. The number of hydrogen-bond acceptors (Lipinski definition) is 4. The first-order chi connectivity index (χ1) is 12.5. The van der Waals surface area contributed by atoms with Crippen LogP contribution in [0, 0.1) is 5.92 Å². The van der Waals surface area contributed by atoms with Gasteiger partial charge < -0.3 is 4.74 Å². The van der Waals surface area contributed by atoms with Crippen molar-refractivity contribution >= 4 is 10.0 Å². The van der Waals surface area contributed by atoms with E-state index in [1.807, 2.05) is 12.1 Å². The molecule has 1 heterocycles. The minimum atomic E-state index is -3.47. The topological polar surface area (TPSA) is 58.6 Å². The summed E-state index contributed by atoms with van der Waals surface area (Å²) in [4.78, 5) is 2.80. The molecule has 6 heteroatoms. The Morgan fingerprint density at radius 1 is 1.12 bits per heavy atom. The fourth-order valence-corrected chi connectivity index (χ4v) is 5.43. The van der Waals surface area contributed by atoms with Crippen molar-refractivity contribution < 1.29 is 13.2 Å². The largest absolute Gasteiger partial charge is 0.379 e. The Labute approximate surface area is 158 Å². The van der Waals surface area contributed by atoms with E-state index in [1.165, 1.54) is 11.1 Å². The predicted molar refractivity (Wildman–Crippen MR) is 104 cm³/mol. The predicted octanol–water partition coefficient (Wildman–Crippen LogP) is 2.59. The number of benzene rings is 1. The van der Waals surface area contributed by atoms with Crippen molar-refractivity contribution in [3.8, 4) is 0 Å². The average Bonchev–Trinajstić information content (AvgIpc) is 3.13. The second-order valence-corrected chi connectivity index (χ2v) is 9.20. The molecule has 1 aliphatic heterocycles. The van der Waals surface area contributed by atoms with E-state index in [4.69, 9.17) is 4.74 Å². The van der Waals surface area contributed by atoms with Crippen molar-refractivity contribution in [2.75, 3.05) is 32.8 Å². The van der Waals surface area contributed by atoms with Gasteiger partial charge in [0.2, 0.25) is 10.0 Å². The molecule has 1 aliphatic carbocycles. The van der Waals surface area contributed by atoms with Crippen LogP contribution < -0.4 is 4.72 Å². The summed E-state index contributed by atoms with van der Waals surface area (Å²) >= 11 is 0. The molecular formula is C20H32N2O3S. The van der Waals surface area contributed by atoms with Gasteiger partial charge in [0, 0.05) is 25.7 Å². The number of fused-ring (bicyclic) bond motifs is 1. The lowest BCUT2D eigenvalue weighted by atomic mass is 9.92. The molecule has 1 N–H and O–H groups in total. The van der Waals surface area contributed by atoms with Gasteiger partial charge in [0.15, 0.2) is 0 Å². The third-order valence-corrected chi connectivity index (χ3v) is 7.39. The van der Waals surface area contributed by atoms with E-state index in [9.17, 15) is 8.42 Å². The zero-order valence-electron chi connectivity index (χ0n) is 16.0. The maximum Gasteiger partial charge on any atom is 0.240 e. The highest BCUT2D eigenvalue weighted by molar-refractivity contribution is 7.89. The summed E-state index contributed by atoms with van der Waals surface area (Å²) in [5, 5.41) is 0. The van der Waals surface area contributed by atoms with Gasteiger partial charge in [0.05, 0.1) is 18.1 Å². The Bertz CT molecular complexity index is 695. The van der Waals surface area contributed by atoms with Crippen molar-refractivity contribution in [1.29, 1.82) is 0 Å². The highest BCUT2D eigenvalue weighted by atomic mass is 32.2. The van der Waals surface area contributed by atoms with E-state index in [2.05, 4.69) is 23.5 Å². The standard InChI is InChI=1S/C20H32N2O3S/c1-3-16(4-2)20(22-10-12-25-13-11-22)15-21-26(23,24)19-9-8-17-6-5-7-18(17)14-19/h8-9,14,16,20-21H,3-7,10-13,15H2,1-2H3. The van der Waals surface area contributed by atoms with Crippen LogP contribution in [0.25, 0.3) is 0 Å². The van der Waals surface area contributed by atoms with E-state index in [0.717, 1.165) is 58.4 Å². The number of nitrogens with zero attached hydrogens (tertiary/aromatic N) is 1. The van der Waals surface area contributed by atoms with E-state index < -0.39 is 10.0 Å². The molecule has 0 radical (unpaired) electrons. The van der Waals surface area contributed by atoms with Crippen molar-refractivity contribution in [3.05, 3.63) is 29.3 Å². The van der Waals surface area contributed by atoms with Gasteiger partial charge in [-0.3, -0.25) is 4.90 Å². The quantitative estimate of drug-likeness (QED) is 0.753. The molecule has 5 nitrogen and oxygen atoms in total. The lowest BCUT2D eigenvalue weighted by Crippen LogP contribution is -2.52. The molecule has 0 spiro atoms. The van der Waals surface area contributed by atoms with Crippen molar-refractivity contribution in [3.63, 3.8) is 0 Å². The number of nitrogens with one attached hydrogen (secondary N) is 1. The third kappa shape index (κ3) is 4.47. The molecule has 0 saturated carbocycles. The molecule has 146 valence electrons. The molecule has 0 amide bonds. The molecule has 0 bridgehead atoms. The number of hydrogen-bond donors (Lipinski definition) is 1. The van der Waals surface area contributed by atoms with Gasteiger partial charge in [-0.25, -0.2) is 13.1 Å². The summed E-state index contributed by atoms with van der Waals surface area (Å²) in [6, 6.07) is 5.83. The summed E-state index contributed by atoms with van der Waals surface area (Å²) in [5.41, 5.74) is 2.49. The van der Waals surface area contributed by atoms with Crippen molar-refractivity contribution in [1.82, 2.24) is 9.62 Å². The smallest absolute Gasteiger partial charge is 0.240 e. The van der Waals surface area contributed by atoms with Crippen LogP contribution >= 0.6 is 0 Å². The Morgan fingerprint density at radius 2 is 1.81 bits per heavy atom. The molecule has 1 aromatic rings. The fourth-order valence-electron chi connectivity index (χ4n) is 4.33. The van der Waals surface area contributed by atoms with Gasteiger partial charge in [0.1, 0.15) is 0 Å². The van der Waals surface area contributed by atoms with Crippen LogP contribution in [0.3, 0.4) is 0 Å². The summed E-state index contributed by atoms with van der Waals surface area (Å²) in [6.45, 7) is 8.06. The molecule has 0 aromatic heterocycles. The molecule has 3 rings (SSSR count). The first-order valence-electron chi connectivity index (χ1n) is 9.98. The second-order valence-electron chi connectivity index (χ2n) is 7.43. The molecule has 1 unspecified atom stereocenters. The number of aryl methyl sites for hydroxylation is 2. The molecule has 2 aliphatic rings. The number of sulfonamides is 1. The van der Waals surface area contributed by atoms with Crippen LogP contribution in [0.1, 0.15) is 44.2 Å². The monoisotopic (exact) mass is 380 g/mol. The molecule has 1 atom stereocenters. The van der Waals surface area contributed by atoms with Crippen LogP contribution in [0.4, 0.5) is 0 Å². The Balaban J connectivity index is 1.72. The van der Waals surface area contributed by atoms with Crippen LogP contribution in [-0.4, -0.2) is 52.2 Å². The highest BCUT2D eigenvalue weighted by Gasteiger charge is 2.28. The first kappa shape index (κ1) is 19.8. The van der Waals surface area contributed by atoms with E-state index in [0.29, 0.717) is 17.4 Å². The average molecular weight is 381 g/mol. The number of morpholine rings is 1. The van der Waals surface area contributed by atoms with Gasteiger partial charge in [-0.15, -0.1) is 0 Å². The normalized spacial score (nSPS) is 19.7. The molecule has 26 heavy (non-hydrogen) atoms. The second kappa shape index (κ2) is 8.83. The lowest BCUT2D eigenvalue weighted by molar-refractivity contribution is 0.00297. The Hall–Kier alpha value is -0.950. The fraction of sp³-hybridized carbons (Fsp3) is 0.700. The SMILES string of the molecule is CCC(CC)C(CNS(=O)(=O)c1ccc2c(c1)CCC2)N1CCOCC1. The zero-order chi connectivity index (χ0) is 18.6. The number of ether oxygens (including phenoxy) is 1. The first-order valence-corrected chi connectivity index (χ1v) is 11.5. The van der Waals surface area contributed by atoms with E-state index >= 15 is 0 Å². The molecule has 1 aromatic carbocycles. The molecule has 1 saturated heterocycles. The summed E-state index contributed by atoms with van der Waals surface area (Å²) in [5.74, 6) is 0.482. The Morgan fingerprint density at radius 3 is 2.50 bits per heavy atom. The van der Waals surface area contributed by atoms with Crippen LogP contribution in [0.5, 0.6) is 0 Å². The van der Waals surface area contributed by atoms with Gasteiger partial charge in [-0.1, -0.05) is 32.8 Å². The zero-order valence-corrected chi connectivity index (χ0v) is 16.9. The van der Waals surface area contributed by atoms with E-state index in [1.54, 1.807) is 6.07 Å². The summed E-state index contributed by atoms with van der Waals surface area (Å²) in [7, 11) is -3.47. The number of rotatable bonds is 8. The summed E-state index contributed by atoms with van der Waals surface area (Å²) in [6.07, 6.45) is 5.29. The maximum atomic E-state index is 12.9. The van der Waals surface area contributed by atoms with Gasteiger partial charge in [0.25, 0.3) is 0 Å². The minimum Gasteiger partial charge on any atom is -0.379 e. The van der Waals surface area contributed by atoms with Gasteiger partial charge in [-0.2, -0.15) is 0 Å². The third-order valence-electron chi connectivity index (χ3n) is 5.97. The van der Waals surface area contributed by atoms with Crippen LogP contribution in [0.2, 0.25) is 0 Å². The van der Waals surface area contributed by atoms with E-state index in [-0.39, 0.29) is 6.04 Å². The highest BCUT2D eigenvalue weighted by Crippen LogP contribution is 2.25. The Kier molecular flexibility index (Phi) is 6.72. The van der Waals surface area contributed by atoms with Crippen LogP contribution in [-0.2, 0) is 27.6 Å². The maximum absolute atomic E-state index is 12.9. The van der Waals surface area contributed by atoms with Crippen LogP contribution in [0.15, 0.2) is 23.1 Å². The van der Waals surface area contributed by atoms with Gasteiger partial charge in [-0.05, 0) is 48.4 Å². The van der Waals surface area contributed by atoms with Crippen molar-refractivity contribution in [2.45, 2.75) is 56.9 Å². The molecule has 1 fully saturated rings. The minimum absolute atomic E-state index is 0.220.